The van der Waals surface area contributed by atoms with Crippen molar-refractivity contribution in [2.75, 3.05) is 31.8 Å². The highest BCUT2D eigenvalue weighted by Gasteiger charge is 2.12. The normalized spacial score (nSPS) is 10.6. The van der Waals surface area contributed by atoms with E-state index in [4.69, 9.17) is 9.47 Å². The first-order chi connectivity index (χ1) is 9.72. The van der Waals surface area contributed by atoms with Crippen LogP contribution in [0.4, 0.5) is 0 Å². The summed E-state index contributed by atoms with van der Waals surface area (Å²) in [5.74, 6) is 2.74. The molecule has 0 aliphatic carbocycles. The molecule has 0 aliphatic rings. The fourth-order valence-electron chi connectivity index (χ4n) is 1.77. The SMILES string of the molecule is CCNCc1cc(Br)c(OCCCSC)c(OCC)c1. The molecule has 0 heterocycles. The maximum absolute atomic E-state index is 5.88. The van der Waals surface area contributed by atoms with Gasteiger partial charge < -0.3 is 14.8 Å². The second-order valence-corrected chi connectivity index (χ2v) is 6.15. The van der Waals surface area contributed by atoms with Crippen molar-refractivity contribution in [3.63, 3.8) is 0 Å². The fourth-order valence-corrected chi connectivity index (χ4v) is 2.78. The standard InChI is InChI=1S/C15H24BrNO2S/c1-4-17-11-12-9-13(16)15(14(10-12)18-5-2)19-7-6-8-20-3/h9-10,17H,4-8,11H2,1-3H3. The minimum atomic E-state index is 0.637. The van der Waals surface area contributed by atoms with Gasteiger partial charge in [-0.1, -0.05) is 6.92 Å². The van der Waals surface area contributed by atoms with Gasteiger partial charge in [0.05, 0.1) is 17.7 Å². The average Bonchev–Trinajstić information content (AvgIpc) is 2.43. The molecule has 0 saturated heterocycles. The summed E-state index contributed by atoms with van der Waals surface area (Å²) in [5.41, 5.74) is 1.19. The van der Waals surface area contributed by atoms with Gasteiger partial charge in [-0.05, 0) is 65.5 Å². The second kappa shape index (κ2) is 10.4. The lowest BCUT2D eigenvalue weighted by molar-refractivity contribution is 0.275. The van der Waals surface area contributed by atoms with E-state index < -0.39 is 0 Å². The summed E-state index contributed by atoms with van der Waals surface area (Å²) in [7, 11) is 0. The largest absolute Gasteiger partial charge is 0.490 e. The van der Waals surface area contributed by atoms with Gasteiger partial charge in [0.15, 0.2) is 11.5 Å². The zero-order chi connectivity index (χ0) is 14.8. The van der Waals surface area contributed by atoms with Gasteiger partial charge in [-0.3, -0.25) is 0 Å². The van der Waals surface area contributed by atoms with E-state index in [-0.39, 0.29) is 0 Å². The van der Waals surface area contributed by atoms with E-state index in [1.807, 2.05) is 18.7 Å². The molecule has 3 nitrogen and oxygen atoms in total. The third kappa shape index (κ3) is 5.94. The highest BCUT2D eigenvalue weighted by molar-refractivity contribution is 9.10. The van der Waals surface area contributed by atoms with Crippen LogP contribution in [-0.4, -0.2) is 31.8 Å². The van der Waals surface area contributed by atoms with Crippen molar-refractivity contribution in [1.82, 2.24) is 5.32 Å². The Morgan fingerprint density at radius 3 is 2.70 bits per heavy atom. The van der Waals surface area contributed by atoms with Gasteiger partial charge in [0.1, 0.15) is 0 Å². The van der Waals surface area contributed by atoms with E-state index in [0.29, 0.717) is 13.2 Å². The Kier molecular flexibility index (Phi) is 9.14. The maximum atomic E-state index is 5.88. The van der Waals surface area contributed by atoms with Crippen LogP contribution in [0.2, 0.25) is 0 Å². The molecule has 1 rings (SSSR count). The van der Waals surface area contributed by atoms with Crippen molar-refractivity contribution in [3.05, 3.63) is 22.2 Å². The molecule has 0 radical (unpaired) electrons. The van der Waals surface area contributed by atoms with Crippen molar-refractivity contribution in [1.29, 1.82) is 0 Å². The van der Waals surface area contributed by atoms with Gasteiger partial charge >= 0.3 is 0 Å². The topological polar surface area (TPSA) is 30.5 Å². The van der Waals surface area contributed by atoms with Gasteiger partial charge in [-0.15, -0.1) is 0 Å². The molecule has 0 unspecified atom stereocenters. The molecule has 0 bridgehead atoms. The van der Waals surface area contributed by atoms with E-state index in [9.17, 15) is 0 Å². The van der Waals surface area contributed by atoms with Crippen molar-refractivity contribution in [2.24, 2.45) is 0 Å². The molecular formula is C15H24BrNO2S. The molecule has 0 spiro atoms. The van der Waals surface area contributed by atoms with Crippen LogP contribution >= 0.6 is 27.7 Å². The third-order valence-corrected chi connectivity index (χ3v) is 3.97. The first-order valence-electron chi connectivity index (χ1n) is 7.00. The zero-order valence-corrected chi connectivity index (χ0v) is 14.9. The predicted octanol–water partition coefficient (Wildman–Crippen LogP) is 4.09. The minimum Gasteiger partial charge on any atom is -0.490 e. The van der Waals surface area contributed by atoms with Gasteiger partial charge in [0.2, 0.25) is 0 Å². The lowest BCUT2D eigenvalue weighted by Crippen LogP contribution is -2.12. The second-order valence-electron chi connectivity index (χ2n) is 4.31. The zero-order valence-electron chi connectivity index (χ0n) is 12.5. The van der Waals surface area contributed by atoms with Crippen molar-refractivity contribution in [3.8, 4) is 11.5 Å². The quantitative estimate of drug-likeness (QED) is 0.635. The van der Waals surface area contributed by atoms with Crippen LogP contribution in [0, 0.1) is 0 Å². The number of hydrogen-bond acceptors (Lipinski definition) is 4. The number of rotatable bonds is 10. The third-order valence-electron chi connectivity index (χ3n) is 2.69. The summed E-state index contributed by atoms with van der Waals surface area (Å²) in [6, 6.07) is 4.15. The molecule has 1 aromatic rings. The Hall–Kier alpha value is -0.390. The van der Waals surface area contributed by atoms with Crippen molar-refractivity contribution in [2.45, 2.75) is 26.8 Å². The monoisotopic (exact) mass is 361 g/mol. The molecule has 1 N–H and O–H groups in total. The Labute approximate surface area is 134 Å². The first-order valence-corrected chi connectivity index (χ1v) is 9.19. The summed E-state index contributed by atoms with van der Waals surface area (Å²) in [6.45, 7) is 7.23. The fraction of sp³-hybridized carbons (Fsp3) is 0.600. The van der Waals surface area contributed by atoms with E-state index in [1.165, 1.54) is 5.56 Å². The Bertz CT molecular complexity index is 402. The summed E-state index contributed by atoms with van der Waals surface area (Å²) in [4.78, 5) is 0. The van der Waals surface area contributed by atoms with Gasteiger partial charge in [0, 0.05) is 6.54 Å². The Morgan fingerprint density at radius 1 is 1.25 bits per heavy atom. The molecule has 0 aliphatic heterocycles. The smallest absolute Gasteiger partial charge is 0.175 e. The van der Waals surface area contributed by atoms with Gasteiger partial charge in [-0.25, -0.2) is 0 Å². The lowest BCUT2D eigenvalue weighted by atomic mass is 10.2. The molecule has 1 aromatic carbocycles. The number of halogens is 1. The predicted molar refractivity (Wildman–Crippen MR) is 91.2 cm³/mol. The molecule has 5 heteroatoms. The van der Waals surface area contributed by atoms with Crippen LogP contribution in [0.25, 0.3) is 0 Å². The van der Waals surface area contributed by atoms with Crippen LogP contribution in [0.1, 0.15) is 25.8 Å². The lowest BCUT2D eigenvalue weighted by Gasteiger charge is -2.15. The van der Waals surface area contributed by atoms with Crippen LogP contribution in [-0.2, 0) is 6.54 Å². The summed E-state index contributed by atoms with van der Waals surface area (Å²) in [6.07, 6.45) is 3.15. The summed E-state index contributed by atoms with van der Waals surface area (Å²) in [5, 5.41) is 3.32. The first kappa shape index (κ1) is 17.7. The number of hydrogen-bond donors (Lipinski definition) is 1. The molecule has 0 aromatic heterocycles. The molecule has 0 atom stereocenters. The highest BCUT2D eigenvalue weighted by Crippen LogP contribution is 2.37. The molecule has 114 valence electrons. The number of nitrogens with one attached hydrogen (secondary N) is 1. The maximum Gasteiger partial charge on any atom is 0.175 e. The molecule has 20 heavy (non-hydrogen) atoms. The minimum absolute atomic E-state index is 0.637. The van der Waals surface area contributed by atoms with E-state index in [1.54, 1.807) is 0 Å². The van der Waals surface area contributed by atoms with Crippen molar-refractivity contribution < 1.29 is 9.47 Å². The molecular weight excluding hydrogens is 338 g/mol. The average molecular weight is 362 g/mol. The molecule has 0 saturated carbocycles. The van der Waals surface area contributed by atoms with Crippen LogP contribution in [0.15, 0.2) is 16.6 Å². The van der Waals surface area contributed by atoms with E-state index >= 15 is 0 Å². The highest BCUT2D eigenvalue weighted by atomic mass is 79.9. The van der Waals surface area contributed by atoms with Crippen molar-refractivity contribution >= 4 is 27.7 Å². The Morgan fingerprint density at radius 2 is 2.05 bits per heavy atom. The molecule has 0 amide bonds. The van der Waals surface area contributed by atoms with Crippen LogP contribution in [0.3, 0.4) is 0 Å². The number of ether oxygens (including phenoxy) is 2. The summed E-state index contributed by atoms with van der Waals surface area (Å²) >= 11 is 5.43. The van der Waals surface area contributed by atoms with Gasteiger partial charge in [0.25, 0.3) is 0 Å². The van der Waals surface area contributed by atoms with Crippen LogP contribution in [0.5, 0.6) is 11.5 Å². The summed E-state index contributed by atoms with van der Waals surface area (Å²) < 4.78 is 12.5. The van der Waals surface area contributed by atoms with Gasteiger partial charge in [-0.2, -0.15) is 11.8 Å². The van der Waals surface area contributed by atoms with E-state index in [2.05, 4.69) is 46.6 Å². The van der Waals surface area contributed by atoms with Crippen LogP contribution < -0.4 is 14.8 Å². The number of benzene rings is 1. The Balaban J connectivity index is 2.79. The van der Waals surface area contributed by atoms with E-state index in [0.717, 1.165) is 41.2 Å². The molecule has 0 fully saturated rings. The number of thioether (sulfide) groups is 1.